The Morgan fingerprint density at radius 3 is 2.45 bits per heavy atom. The van der Waals surface area contributed by atoms with E-state index in [1.54, 1.807) is 6.92 Å². The van der Waals surface area contributed by atoms with Crippen molar-refractivity contribution in [1.82, 2.24) is 4.90 Å². The third-order valence-electron chi connectivity index (χ3n) is 3.69. The first-order valence-electron chi connectivity index (χ1n) is 6.95. The molecular formula is C14H18F3NO3S. The highest BCUT2D eigenvalue weighted by atomic mass is 32.2. The molecule has 4 nitrogen and oxygen atoms in total. The molecule has 1 aliphatic rings. The van der Waals surface area contributed by atoms with Gasteiger partial charge in [0, 0.05) is 19.6 Å². The van der Waals surface area contributed by atoms with Crippen molar-refractivity contribution in [2.24, 2.45) is 5.92 Å². The minimum atomic E-state index is -5.53. The number of alkyl halides is 3. The fraction of sp³-hybridized carbons (Fsp3) is 0.571. The van der Waals surface area contributed by atoms with Gasteiger partial charge in [-0.15, -0.1) is 0 Å². The molecule has 1 heterocycles. The predicted octanol–water partition coefficient (Wildman–Crippen LogP) is 2.76. The van der Waals surface area contributed by atoms with Crippen molar-refractivity contribution in [1.29, 1.82) is 0 Å². The molecule has 0 amide bonds. The van der Waals surface area contributed by atoms with Crippen molar-refractivity contribution in [2.75, 3.05) is 13.1 Å². The van der Waals surface area contributed by atoms with Gasteiger partial charge in [0.15, 0.2) is 0 Å². The van der Waals surface area contributed by atoms with E-state index in [9.17, 15) is 21.6 Å². The molecule has 1 aromatic carbocycles. The van der Waals surface area contributed by atoms with Crippen molar-refractivity contribution in [3.63, 3.8) is 0 Å². The molecule has 124 valence electrons. The van der Waals surface area contributed by atoms with E-state index >= 15 is 0 Å². The van der Waals surface area contributed by atoms with E-state index in [4.69, 9.17) is 0 Å². The first-order chi connectivity index (χ1) is 10.2. The molecule has 0 radical (unpaired) electrons. The summed E-state index contributed by atoms with van der Waals surface area (Å²) in [5, 5.41) is 0. The Bertz CT molecular complexity index is 589. The van der Waals surface area contributed by atoms with Crippen LogP contribution in [-0.4, -0.2) is 38.0 Å². The highest BCUT2D eigenvalue weighted by Crippen LogP contribution is 2.30. The highest BCUT2D eigenvalue weighted by molar-refractivity contribution is 7.87. The summed E-state index contributed by atoms with van der Waals surface area (Å²) in [6.07, 6.45) is -0.679. The van der Waals surface area contributed by atoms with E-state index in [2.05, 4.69) is 9.08 Å². The molecule has 8 heteroatoms. The number of likely N-dealkylation sites (tertiary alicyclic amines) is 1. The quantitative estimate of drug-likeness (QED) is 0.626. The van der Waals surface area contributed by atoms with Gasteiger partial charge in [-0.05, 0) is 17.9 Å². The lowest BCUT2D eigenvalue weighted by Gasteiger charge is -2.36. The number of benzene rings is 1. The summed E-state index contributed by atoms with van der Waals surface area (Å²) in [4.78, 5) is 2.08. The van der Waals surface area contributed by atoms with E-state index in [0.29, 0.717) is 19.6 Å². The van der Waals surface area contributed by atoms with E-state index in [1.807, 2.05) is 30.3 Å². The van der Waals surface area contributed by atoms with Crippen LogP contribution in [-0.2, 0) is 20.8 Å². The maximum absolute atomic E-state index is 12.4. The standard InChI is InChI=1S/C14H18F3NO3S/c1-11-9-18(10-12-5-3-2-4-6-12)8-7-13(11)21-22(19,20)14(15,16)17/h2-6,11,13H,7-10H2,1H3/t11-,13-/m1/s1. The van der Waals surface area contributed by atoms with Gasteiger partial charge in [0.1, 0.15) is 0 Å². The fourth-order valence-electron chi connectivity index (χ4n) is 2.56. The Balaban J connectivity index is 1.93. The van der Waals surface area contributed by atoms with Crippen LogP contribution in [0.3, 0.4) is 0 Å². The Hall–Kier alpha value is -1.12. The van der Waals surface area contributed by atoms with Crippen molar-refractivity contribution in [3.05, 3.63) is 35.9 Å². The van der Waals surface area contributed by atoms with Gasteiger partial charge in [0.2, 0.25) is 0 Å². The van der Waals surface area contributed by atoms with E-state index < -0.39 is 21.7 Å². The van der Waals surface area contributed by atoms with Gasteiger partial charge >= 0.3 is 15.6 Å². The minimum absolute atomic E-state index is 0.253. The molecule has 2 rings (SSSR count). The van der Waals surface area contributed by atoms with Crippen LogP contribution in [0.5, 0.6) is 0 Å². The van der Waals surface area contributed by atoms with Gasteiger partial charge in [0.05, 0.1) is 6.10 Å². The van der Waals surface area contributed by atoms with E-state index in [1.165, 1.54) is 0 Å². The van der Waals surface area contributed by atoms with Crippen LogP contribution >= 0.6 is 0 Å². The molecule has 22 heavy (non-hydrogen) atoms. The van der Waals surface area contributed by atoms with Crippen LogP contribution in [0.2, 0.25) is 0 Å². The molecule has 0 aliphatic carbocycles. The lowest BCUT2D eigenvalue weighted by Crippen LogP contribution is -2.44. The molecule has 1 fully saturated rings. The third kappa shape index (κ3) is 4.21. The van der Waals surface area contributed by atoms with Crippen LogP contribution in [0.15, 0.2) is 30.3 Å². The first-order valence-corrected chi connectivity index (χ1v) is 8.36. The van der Waals surface area contributed by atoms with Gasteiger partial charge in [0.25, 0.3) is 0 Å². The predicted molar refractivity (Wildman–Crippen MR) is 75.3 cm³/mol. The zero-order valence-electron chi connectivity index (χ0n) is 12.1. The normalized spacial score (nSPS) is 24.4. The molecule has 0 spiro atoms. The molecule has 1 aromatic rings. The molecule has 0 bridgehead atoms. The highest BCUT2D eigenvalue weighted by Gasteiger charge is 2.49. The Kier molecular flexibility index (Phi) is 5.14. The van der Waals surface area contributed by atoms with Gasteiger partial charge in [-0.25, -0.2) is 0 Å². The van der Waals surface area contributed by atoms with Crippen LogP contribution in [0, 0.1) is 5.92 Å². The van der Waals surface area contributed by atoms with Crippen LogP contribution in [0.4, 0.5) is 13.2 Å². The Labute approximate surface area is 128 Å². The van der Waals surface area contributed by atoms with E-state index in [-0.39, 0.29) is 12.3 Å². The zero-order valence-corrected chi connectivity index (χ0v) is 12.9. The number of nitrogens with zero attached hydrogens (tertiary/aromatic N) is 1. The second-order valence-electron chi connectivity index (χ2n) is 5.52. The van der Waals surface area contributed by atoms with Crippen LogP contribution in [0.1, 0.15) is 18.9 Å². The topological polar surface area (TPSA) is 46.6 Å². The second kappa shape index (κ2) is 6.55. The smallest absolute Gasteiger partial charge is 0.299 e. The molecule has 0 saturated carbocycles. The van der Waals surface area contributed by atoms with Gasteiger partial charge in [-0.1, -0.05) is 37.3 Å². The fourth-order valence-corrected chi connectivity index (χ4v) is 3.28. The molecule has 2 atom stereocenters. The Morgan fingerprint density at radius 2 is 1.91 bits per heavy atom. The maximum Gasteiger partial charge on any atom is 0.523 e. The summed E-state index contributed by atoms with van der Waals surface area (Å²) in [5.41, 5.74) is -4.26. The average Bonchev–Trinajstić information content (AvgIpc) is 2.42. The second-order valence-corrected chi connectivity index (χ2v) is 7.08. The zero-order chi connectivity index (χ0) is 16.4. The minimum Gasteiger partial charge on any atom is -0.299 e. The van der Waals surface area contributed by atoms with Crippen molar-refractivity contribution < 1.29 is 25.8 Å². The Morgan fingerprint density at radius 1 is 1.27 bits per heavy atom. The molecule has 0 unspecified atom stereocenters. The third-order valence-corrected chi connectivity index (χ3v) is 4.76. The monoisotopic (exact) mass is 337 g/mol. The van der Waals surface area contributed by atoms with Crippen LogP contribution < -0.4 is 0 Å². The number of rotatable bonds is 4. The first kappa shape index (κ1) is 17.2. The van der Waals surface area contributed by atoms with Crippen molar-refractivity contribution in [3.8, 4) is 0 Å². The molecular weight excluding hydrogens is 319 g/mol. The summed E-state index contributed by atoms with van der Waals surface area (Å²) < 4.78 is 63.6. The van der Waals surface area contributed by atoms with Gasteiger partial charge in [-0.2, -0.15) is 21.6 Å². The summed E-state index contributed by atoms with van der Waals surface area (Å²) in [6.45, 7) is 3.38. The number of piperidine rings is 1. The molecule has 1 aliphatic heterocycles. The van der Waals surface area contributed by atoms with Crippen molar-refractivity contribution in [2.45, 2.75) is 31.5 Å². The number of halogens is 3. The summed E-state index contributed by atoms with van der Waals surface area (Å²) in [6, 6.07) is 9.70. The van der Waals surface area contributed by atoms with E-state index in [0.717, 1.165) is 5.56 Å². The largest absolute Gasteiger partial charge is 0.523 e. The van der Waals surface area contributed by atoms with Crippen molar-refractivity contribution >= 4 is 10.1 Å². The summed E-state index contributed by atoms with van der Waals surface area (Å²) in [7, 11) is -5.53. The van der Waals surface area contributed by atoms with Gasteiger partial charge in [-0.3, -0.25) is 9.08 Å². The van der Waals surface area contributed by atoms with Gasteiger partial charge < -0.3 is 0 Å². The summed E-state index contributed by atoms with van der Waals surface area (Å²) in [5.74, 6) is -0.297. The number of hydrogen-bond acceptors (Lipinski definition) is 4. The molecule has 1 saturated heterocycles. The summed E-state index contributed by atoms with van der Waals surface area (Å²) >= 11 is 0. The lowest BCUT2D eigenvalue weighted by molar-refractivity contribution is -0.0626. The average molecular weight is 337 g/mol. The SMILES string of the molecule is C[C@@H]1CN(Cc2ccccc2)CC[C@H]1OS(=O)(=O)C(F)(F)F. The van der Waals surface area contributed by atoms with Crippen LogP contribution in [0.25, 0.3) is 0 Å². The number of hydrogen-bond donors (Lipinski definition) is 0. The molecule has 0 aromatic heterocycles. The maximum atomic E-state index is 12.4. The molecule has 0 N–H and O–H groups in total. The lowest BCUT2D eigenvalue weighted by atomic mass is 9.96.